The first kappa shape index (κ1) is 15.8. The van der Waals surface area contributed by atoms with Crippen LogP contribution in [0.5, 0.6) is 0 Å². The molecule has 4 heteroatoms. The lowest BCUT2D eigenvalue weighted by molar-refractivity contribution is 0.151. The minimum absolute atomic E-state index is 0.438. The highest BCUT2D eigenvalue weighted by atomic mass is 79.9. The number of rotatable bonds is 6. The normalized spacial score (nSPS) is 17.4. The van der Waals surface area contributed by atoms with E-state index < -0.39 is 0 Å². The third-order valence-corrected chi connectivity index (χ3v) is 5.88. The van der Waals surface area contributed by atoms with E-state index in [1.807, 2.05) is 12.3 Å². The molecule has 0 bridgehead atoms. The van der Waals surface area contributed by atoms with E-state index in [-0.39, 0.29) is 0 Å². The van der Waals surface area contributed by atoms with Crippen molar-refractivity contribution < 1.29 is 0 Å². The summed E-state index contributed by atoms with van der Waals surface area (Å²) in [6, 6.07) is 6.15. The number of alkyl halides is 1. The molecule has 3 nitrogen and oxygen atoms in total. The van der Waals surface area contributed by atoms with Crippen molar-refractivity contribution in [1.29, 1.82) is 0 Å². The van der Waals surface area contributed by atoms with Crippen LogP contribution in [0, 0.1) is 5.41 Å². The summed E-state index contributed by atoms with van der Waals surface area (Å²) >= 11 is 3.72. The lowest BCUT2D eigenvalue weighted by Crippen LogP contribution is -2.50. The van der Waals surface area contributed by atoms with E-state index in [4.69, 9.17) is 0 Å². The fourth-order valence-electron chi connectivity index (χ4n) is 2.86. The maximum Gasteiger partial charge on any atom is 0.128 e. The summed E-state index contributed by atoms with van der Waals surface area (Å²) in [5.74, 6) is 1.12. The number of hydrogen-bond donors (Lipinski definition) is 0. The second kappa shape index (κ2) is 7.41. The first-order valence-electron chi connectivity index (χ1n) is 7.67. The van der Waals surface area contributed by atoms with Crippen LogP contribution < -0.4 is 4.90 Å². The molecule has 0 atom stereocenters. The fraction of sp³-hybridized carbons (Fsp3) is 0.688. The standard InChI is InChI=1S/C16H26BrN3/c1-3-16(4-2,13-17)14-19-9-11-20(12-10-19)15-7-5-6-8-18-15/h5-8H,3-4,9-14H2,1-2H3. The molecule has 0 aliphatic carbocycles. The number of piperazine rings is 1. The Labute approximate surface area is 131 Å². The lowest BCUT2D eigenvalue weighted by atomic mass is 9.84. The van der Waals surface area contributed by atoms with Gasteiger partial charge in [0, 0.05) is 44.3 Å². The van der Waals surface area contributed by atoms with E-state index in [1.165, 1.54) is 19.4 Å². The average Bonchev–Trinajstić information content (AvgIpc) is 2.54. The number of pyridine rings is 1. The monoisotopic (exact) mass is 339 g/mol. The smallest absolute Gasteiger partial charge is 0.128 e. The highest BCUT2D eigenvalue weighted by molar-refractivity contribution is 9.09. The summed E-state index contributed by atoms with van der Waals surface area (Å²) in [7, 11) is 0. The van der Waals surface area contributed by atoms with Crippen LogP contribution in [0.2, 0.25) is 0 Å². The van der Waals surface area contributed by atoms with Crippen LogP contribution in [0.15, 0.2) is 24.4 Å². The molecule has 0 saturated carbocycles. The molecule has 20 heavy (non-hydrogen) atoms. The van der Waals surface area contributed by atoms with E-state index >= 15 is 0 Å². The van der Waals surface area contributed by atoms with Crippen molar-refractivity contribution in [2.24, 2.45) is 5.41 Å². The van der Waals surface area contributed by atoms with Gasteiger partial charge in [-0.1, -0.05) is 35.8 Å². The highest BCUT2D eigenvalue weighted by Crippen LogP contribution is 2.30. The van der Waals surface area contributed by atoms with Crippen LogP contribution in [0.25, 0.3) is 0 Å². The first-order valence-corrected chi connectivity index (χ1v) is 8.79. The van der Waals surface area contributed by atoms with Gasteiger partial charge in [0.05, 0.1) is 0 Å². The van der Waals surface area contributed by atoms with Crippen molar-refractivity contribution in [2.45, 2.75) is 26.7 Å². The van der Waals surface area contributed by atoms with Gasteiger partial charge in [0.1, 0.15) is 5.82 Å². The Bertz CT molecular complexity index is 376. The zero-order valence-corrected chi connectivity index (χ0v) is 14.3. The Hall–Kier alpha value is -0.610. The predicted molar refractivity (Wildman–Crippen MR) is 89.7 cm³/mol. The minimum Gasteiger partial charge on any atom is -0.354 e. The summed E-state index contributed by atoms with van der Waals surface area (Å²) in [5.41, 5.74) is 0.438. The molecule has 0 unspecified atom stereocenters. The third-order valence-electron chi connectivity index (χ3n) is 4.69. The Morgan fingerprint density at radius 3 is 2.35 bits per heavy atom. The van der Waals surface area contributed by atoms with Gasteiger partial charge in [0.15, 0.2) is 0 Å². The van der Waals surface area contributed by atoms with Gasteiger partial charge in [-0.3, -0.25) is 4.90 Å². The van der Waals surface area contributed by atoms with Gasteiger partial charge >= 0.3 is 0 Å². The largest absolute Gasteiger partial charge is 0.354 e. The summed E-state index contributed by atoms with van der Waals surface area (Å²) in [6.45, 7) is 10.3. The maximum absolute atomic E-state index is 4.45. The minimum atomic E-state index is 0.438. The number of anilines is 1. The number of nitrogens with zero attached hydrogens (tertiary/aromatic N) is 3. The molecule has 1 aromatic heterocycles. The van der Waals surface area contributed by atoms with Crippen molar-refractivity contribution in [2.75, 3.05) is 43.0 Å². The van der Waals surface area contributed by atoms with Gasteiger partial charge in [-0.05, 0) is 30.4 Å². The molecule has 0 spiro atoms. The summed E-state index contributed by atoms with van der Waals surface area (Å²) in [4.78, 5) is 9.46. The van der Waals surface area contributed by atoms with Crippen LogP contribution in [-0.4, -0.2) is 47.9 Å². The molecule has 1 aliphatic heterocycles. The van der Waals surface area contributed by atoms with Crippen LogP contribution in [0.4, 0.5) is 5.82 Å². The van der Waals surface area contributed by atoms with Crippen LogP contribution in [0.3, 0.4) is 0 Å². The average molecular weight is 340 g/mol. The first-order chi connectivity index (χ1) is 9.73. The Morgan fingerprint density at radius 1 is 1.15 bits per heavy atom. The van der Waals surface area contributed by atoms with Crippen molar-refractivity contribution in [3.05, 3.63) is 24.4 Å². The number of aromatic nitrogens is 1. The Kier molecular flexibility index (Phi) is 5.85. The molecule has 112 valence electrons. The van der Waals surface area contributed by atoms with Crippen LogP contribution >= 0.6 is 15.9 Å². The predicted octanol–water partition coefficient (Wildman–Crippen LogP) is 3.40. The summed E-state index contributed by atoms with van der Waals surface area (Å²) in [5, 5.41) is 1.10. The molecule has 1 fully saturated rings. The maximum atomic E-state index is 4.45. The van der Waals surface area contributed by atoms with Gasteiger partial charge in [-0.2, -0.15) is 0 Å². The number of hydrogen-bond acceptors (Lipinski definition) is 3. The highest BCUT2D eigenvalue weighted by Gasteiger charge is 2.29. The van der Waals surface area contributed by atoms with Gasteiger partial charge in [0.2, 0.25) is 0 Å². The molecule has 2 heterocycles. The van der Waals surface area contributed by atoms with E-state index in [9.17, 15) is 0 Å². The molecule has 0 N–H and O–H groups in total. The molecule has 0 amide bonds. The Morgan fingerprint density at radius 2 is 1.85 bits per heavy atom. The van der Waals surface area contributed by atoms with Crippen LogP contribution in [0.1, 0.15) is 26.7 Å². The van der Waals surface area contributed by atoms with E-state index in [1.54, 1.807) is 0 Å². The molecule has 0 radical (unpaired) electrons. The number of halogens is 1. The molecule has 0 aromatic carbocycles. The topological polar surface area (TPSA) is 19.4 Å². The van der Waals surface area contributed by atoms with Crippen LogP contribution in [-0.2, 0) is 0 Å². The Balaban J connectivity index is 1.88. The van der Waals surface area contributed by atoms with Crippen molar-refractivity contribution in [3.8, 4) is 0 Å². The van der Waals surface area contributed by atoms with Crippen molar-refractivity contribution in [1.82, 2.24) is 9.88 Å². The van der Waals surface area contributed by atoms with Gasteiger partial charge in [0.25, 0.3) is 0 Å². The zero-order valence-electron chi connectivity index (χ0n) is 12.7. The van der Waals surface area contributed by atoms with E-state index in [2.05, 4.69) is 56.7 Å². The van der Waals surface area contributed by atoms with Gasteiger partial charge in [-0.25, -0.2) is 4.98 Å². The molecular weight excluding hydrogens is 314 g/mol. The molecule has 1 aromatic rings. The summed E-state index contributed by atoms with van der Waals surface area (Å²) < 4.78 is 0. The summed E-state index contributed by atoms with van der Waals surface area (Å²) in [6.07, 6.45) is 4.37. The van der Waals surface area contributed by atoms with E-state index in [0.29, 0.717) is 5.41 Å². The quantitative estimate of drug-likeness (QED) is 0.740. The second-order valence-electron chi connectivity index (χ2n) is 5.79. The SMILES string of the molecule is CCC(CC)(CBr)CN1CCN(c2ccccn2)CC1. The van der Waals surface area contributed by atoms with Gasteiger partial charge in [-0.15, -0.1) is 0 Å². The van der Waals surface area contributed by atoms with Crippen molar-refractivity contribution in [3.63, 3.8) is 0 Å². The van der Waals surface area contributed by atoms with E-state index in [0.717, 1.165) is 37.3 Å². The molecule has 1 aliphatic rings. The molecule has 2 rings (SSSR count). The molecule has 1 saturated heterocycles. The van der Waals surface area contributed by atoms with Crippen molar-refractivity contribution >= 4 is 21.7 Å². The zero-order chi connectivity index (χ0) is 14.4. The second-order valence-corrected chi connectivity index (χ2v) is 6.35. The fourth-order valence-corrected chi connectivity index (χ4v) is 3.83. The third kappa shape index (κ3) is 3.73. The van der Waals surface area contributed by atoms with Gasteiger partial charge < -0.3 is 4.90 Å². The lowest BCUT2D eigenvalue weighted by Gasteiger charge is -2.41. The molecular formula is C16H26BrN3.